The molecule has 0 unspecified atom stereocenters. The molecule has 2 N–H and O–H groups in total. The van der Waals surface area contributed by atoms with E-state index in [0.29, 0.717) is 6.54 Å². The number of rotatable bonds is 6. The summed E-state index contributed by atoms with van der Waals surface area (Å²) in [5.74, 6) is -1.44. The molecule has 0 aliphatic carbocycles. The van der Waals surface area contributed by atoms with Gasteiger partial charge in [0, 0.05) is 18.9 Å². The van der Waals surface area contributed by atoms with Crippen molar-refractivity contribution >= 4 is 11.9 Å². The van der Waals surface area contributed by atoms with Crippen LogP contribution in [0.3, 0.4) is 0 Å². The number of carboxylic acid groups (broad SMARTS) is 1. The number of ether oxygens (including phenoxy) is 1. The predicted molar refractivity (Wildman–Crippen MR) is 54.5 cm³/mol. The fourth-order valence-electron chi connectivity index (χ4n) is 0.983. The summed E-state index contributed by atoms with van der Waals surface area (Å²) < 4.78 is 4.62. The first kappa shape index (κ1) is 12.1. The average molecular weight is 224 g/mol. The summed E-state index contributed by atoms with van der Waals surface area (Å²) >= 11 is 0. The second-order valence-electron chi connectivity index (χ2n) is 3.02. The lowest BCUT2D eigenvalue weighted by Gasteiger charge is -2.04. The zero-order chi connectivity index (χ0) is 11.8. The summed E-state index contributed by atoms with van der Waals surface area (Å²) in [6, 6.07) is 3.55. The van der Waals surface area contributed by atoms with Gasteiger partial charge in [-0.25, -0.2) is 4.79 Å². The van der Waals surface area contributed by atoms with Gasteiger partial charge in [-0.05, 0) is 17.7 Å². The van der Waals surface area contributed by atoms with Crippen LogP contribution in [0, 0.1) is 0 Å². The number of carbonyl (C=O) groups is 2. The van der Waals surface area contributed by atoms with Crippen molar-refractivity contribution in [3.63, 3.8) is 0 Å². The SMILES string of the molecule is O=C(O)COCC(=O)NCc1ccncc1. The third-order valence-electron chi connectivity index (χ3n) is 1.70. The third-order valence-corrected chi connectivity index (χ3v) is 1.70. The van der Waals surface area contributed by atoms with Gasteiger partial charge in [0.25, 0.3) is 0 Å². The molecule has 0 spiro atoms. The van der Waals surface area contributed by atoms with Crippen LogP contribution in [0.5, 0.6) is 0 Å². The number of carbonyl (C=O) groups excluding carboxylic acids is 1. The fraction of sp³-hybridized carbons (Fsp3) is 0.300. The van der Waals surface area contributed by atoms with Crippen LogP contribution in [0.15, 0.2) is 24.5 Å². The molecule has 1 aromatic rings. The number of nitrogens with one attached hydrogen (secondary N) is 1. The maximum atomic E-state index is 11.2. The molecule has 0 aliphatic rings. The lowest BCUT2D eigenvalue weighted by atomic mass is 10.3. The molecule has 1 amide bonds. The summed E-state index contributed by atoms with van der Waals surface area (Å²) in [7, 11) is 0. The van der Waals surface area contributed by atoms with Crippen molar-refractivity contribution in [3.8, 4) is 0 Å². The molecule has 0 saturated carbocycles. The van der Waals surface area contributed by atoms with E-state index in [-0.39, 0.29) is 12.5 Å². The van der Waals surface area contributed by atoms with Crippen molar-refractivity contribution in [2.24, 2.45) is 0 Å². The Morgan fingerprint density at radius 1 is 1.31 bits per heavy atom. The zero-order valence-electron chi connectivity index (χ0n) is 8.55. The number of hydrogen-bond acceptors (Lipinski definition) is 4. The van der Waals surface area contributed by atoms with Crippen LogP contribution < -0.4 is 5.32 Å². The summed E-state index contributed by atoms with van der Waals surface area (Å²) in [6.45, 7) is -0.349. The van der Waals surface area contributed by atoms with Gasteiger partial charge in [-0.15, -0.1) is 0 Å². The second kappa shape index (κ2) is 6.52. The molecule has 16 heavy (non-hydrogen) atoms. The van der Waals surface area contributed by atoms with Crippen LogP contribution in [-0.4, -0.2) is 35.2 Å². The van der Waals surface area contributed by atoms with E-state index in [1.54, 1.807) is 24.5 Å². The number of aromatic nitrogens is 1. The third kappa shape index (κ3) is 5.06. The highest BCUT2D eigenvalue weighted by Gasteiger charge is 2.03. The quantitative estimate of drug-likeness (QED) is 0.698. The van der Waals surface area contributed by atoms with Gasteiger partial charge >= 0.3 is 5.97 Å². The van der Waals surface area contributed by atoms with Crippen molar-refractivity contribution in [3.05, 3.63) is 30.1 Å². The lowest BCUT2D eigenvalue weighted by Crippen LogP contribution is -2.28. The van der Waals surface area contributed by atoms with Gasteiger partial charge < -0.3 is 15.2 Å². The lowest BCUT2D eigenvalue weighted by molar-refractivity contribution is -0.143. The predicted octanol–water partition coefficient (Wildman–Crippen LogP) is -0.201. The summed E-state index contributed by atoms with van der Waals surface area (Å²) in [5.41, 5.74) is 0.918. The monoisotopic (exact) mass is 224 g/mol. The van der Waals surface area contributed by atoms with E-state index in [4.69, 9.17) is 5.11 Å². The number of aliphatic carboxylic acids is 1. The minimum Gasteiger partial charge on any atom is -0.480 e. The topological polar surface area (TPSA) is 88.5 Å². The summed E-state index contributed by atoms with van der Waals surface area (Å²) in [4.78, 5) is 25.1. The highest BCUT2D eigenvalue weighted by Crippen LogP contribution is 1.94. The van der Waals surface area contributed by atoms with Gasteiger partial charge in [-0.2, -0.15) is 0 Å². The minimum atomic E-state index is -1.10. The Bertz CT molecular complexity index is 353. The van der Waals surface area contributed by atoms with Crippen molar-refractivity contribution in [2.45, 2.75) is 6.54 Å². The molecule has 0 aliphatic heterocycles. The van der Waals surface area contributed by atoms with Gasteiger partial charge in [0.1, 0.15) is 13.2 Å². The first-order chi connectivity index (χ1) is 7.68. The van der Waals surface area contributed by atoms with E-state index in [9.17, 15) is 9.59 Å². The Labute approximate surface area is 92.3 Å². The Morgan fingerprint density at radius 2 is 2.00 bits per heavy atom. The minimum absolute atomic E-state index is 0.253. The molecular formula is C10H12N2O4. The van der Waals surface area contributed by atoms with Crippen LogP contribution in [0.25, 0.3) is 0 Å². The van der Waals surface area contributed by atoms with Crippen LogP contribution in [0.1, 0.15) is 5.56 Å². The van der Waals surface area contributed by atoms with E-state index < -0.39 is 12.6 Å². The van der Waals surface area contributed by atoms with Gasteiger partial charge in [-0.3, -0.25) is 9.78 Å². The Balaban J connectivity index is 2.18. The standard InChI is InChI=1S/C10H12N2O4/c13-9(6-16-7-10(14)15)12-5-8-1-3-11-4-2-8/h1-4H,5-7H2,(H,12,13)(H,14,15). The van der Waals surface area contributed by atoms with E-state index >= 15 is 0 Å². The molecule has 0 aromatic carbocycles. The van der Waals surface area contributed by atoms with Crippen molar-refractivity contribution in [1.29, 1.82) is 0 Å². The van der Waals surface area contributed by atoms with Crippen molar-refractivity contribution in [2.75, 3.05) is 13.2 Å². The number of amides is 1. The molecule has 1 aromatic heterocycles. The van der Waals surface area contributed by atoms with Crippen LogP contribution >= 0.6 is 0 Å². The van der Waals surface area contributed by atoms with E-state index in [0.717, 1.165) is 5.56 Å². The first-order valence-corrected chi connectivity index (χ1v) is 4.63. The highest BCUT2D eigenvalue weighted by molar-refractivity contribution is 5.77. The first-order valence-electron chi connectivity index (χ1n) is 4.63. The molecule has 1 rings (SSSR count). The smallest absolute Gasteiger partial charge is 0.329 e. The molecule has 6 nitrogen and oxygen atoms in total. The van der Waals surface area contributed by atoms with Crippen molar-refractivity contribution in [1.82, 2.24) is 10.3 Å². The largest absolute Gasteiger partial charge is 0.480 e. The second-order valence-corrected chi connectivity index (χ2v) is 3.02. The normalized spacial score (nSPS) is 9.75. The number of pyridine rings is 1. The summed E-state index contributed by atoms with van der Waals surface area (Å²) in [5, 5.41) is 10.9. The van der Waals surface area contributed by atoms with Gasteiger partial charge in [-0.1, -0.05) is 0 Å². The molecule has 0 radical (unpaired) electrons. The maximum Gasteiger partial charge on any atom is 0.329 e. The van der Waals surface area contributed by atoms with Gasteiger partial charge in [0.05, 0.1) is 0 Å². The molecule has 0 atom stereocenters. The Hall–Kier alpha value is -1.95. The molecule has 6 heteroatoms. The van der Waals surface area contributed by atoms with Crippen LogP contribution in [0.4, 0.5) is 0 Å². The molecular weight excluding hydrogens is 212 g/mol. The fourth-order valence-corrected chi connectivity index (χ4v) is 0.983. The van der Waals surface area contributed by atoms with Gasteiger partial charge in [0.15, 0.2) is 0 Å². The summed E-state index contributed by atoms with van der Waals surface area (Å²) in [6.07, 6.45) is 3.25. The molecule has 0 saturated heterocycles. The van der Waals surface area contributed by atoms with Crippen LogP contribution in [-0.2, 0) is 20.9 Å². The van der Waals surface area contributed by atoms with Crippen LogP contribution in [0.2, 0.25) is 0 Å². The average Bonchev–Trinajstić information content (AvgIpc) is 2.27. The molecule has 0 bridgehead atoms. The van der Waals surface area contributed by atoms with E-state index in [2.05, 4.69) is 15.0 Å². The number of hydrogen-bond donors (Lipinski definition) is 2. The van der Waals surface area contributed by atoms with E-state index in [1.165, 1.54) is 0 Å². The molecule has 86 valence electrons. The number of carboxylic acids is 1. The Morgan fingerprint density at radius 3 is 2.62 bits per heavy atom. The molecule has 0 fully saturated rings. The maximum absolute atomic E-state index is 11.2. The van der Waals surface area contributed by atoms with Crippen molar-refractivity contribution < 1.29 is 19.4 Å². The van der Waals surface area contributed by atoms with Gasteiger partial charge in [0.2, 0.25) is 5.91 Å². The zero-order valence-corrected chi connectivity index (χ0v) is 8.55. The number of nitrogens with zero attached hydrogens (tertiary/aromatic N) is 1. The molecule has 1 heterocycles. The Kier molecular flexibility index (Phi) is 4.94. The van der Waals surface area contributed by atoms with E-state index in [1.807, 2.05) is 0 Å². The highest BCUT2D eigenvalue weighted by atomic mass is 16.5.